The average molecular weight is 503 g/mol. The first-order valence-electron chi connectivity index (χ1n) is 12.4. The molecule has 38 heavy (non-hydrogen) atoms. The van der Waals surface area contributed by atoms with Crippen molar-refractivity contribution in [3.8, 4) is 11.5 Å². The minimum Gasteiger partial charge on any atom is -0.454 e. The number of anilines is 2. The zero-order valence-corrected chi connectivity index (χ0v) is 20.8. The number of carbonyl (C=O) groups excluding carboxylic acids is 1. The lowest BCUT2D eigenvalue weighted by Gasteiger charge is -2.10. The predicted octanol–water partition coefficient (Wildman–Crippen LogP) is 6.63. The number of aromatic nitrogens is 2. The number of ether oxygens (including phenoxy) is 2. The molecule has 1 aliphatic rings. The summed E-state index contributed by atoms with van der Waals surface area (Å²) in [7, 11) is 0. The van der Waals surface area contributed by atoms with Crippen LogP contribution in [0, 0.1) is 6.92 Å². The predicted molar refractivity (Wildman–Crippen MR) is 150 cm³/mol. The van der Waals surface area contributed by atoms with Gasteiger partial charge in [-0.25, -0.2) is 0 Å². The van der Waals surface area contributed by atoms with Crippen molar-refractivity contribution in [2.24, 2.45) is 0 Å². The minimum absolute atomic E-state index is 0.126. The molecule has 2 heterocycles. The van der Waals surface area contributed by atoms with Crippen LogP contribution in [0.25, 0.3) is 23.1 Å². The van der Waals surface area contributed by atoms with E-state index >= 15 is 0 Å². The summed E-state index contributed by atoms with van der Waals surface area (Å²) in [6.45, 7) is 2.87. The summed E-state index contributed by atoms with van der Waals surface area (Å²) in [4.78, 5) is 12.6. The van der Waals surface area contributed by atoms with Gasteiger partial charge in [0.25, 0.3) is 5.91 Å². The van der Waals surface area contributed by atoms with Gasteiger partial charge >= 0.3 is 0 Å². The van der Waals surface area contributed by atoms with E-state index < -0.39 is 0 Å². The maximum absolute atomic E-state index is 12.6. The molecule has 6 rings (SSSR count). The normalized spacial score (nSPS) is 12.2. The Balaban J connectivity index is 1.11. The van der Waals surface area contributed by atoms with Crippen LogP contribution in [0.5, 0.6) is 11.5 Å². The van der Waals surface area contributed by atoms with Crippen molar-refractivity contribution < 1.29 is 14.3 Å². The van der Waals surface area contributed by atoms with Crippen molar-refractivity contribution >= 4 is 40.3 Å². The van der Waals surface area contributed by atoms with Gasteiger partial charge < -0.3 is 20.1 Å². The van der Waals surface area contributed by atoms with E-state index in [0.717, 1.165) is 56.2 Å². The number of rotatable bonds is 7. The molecule has 0 saturated heterocycles. The monoisotopic (exact) mass is 502 g/mol. The molecule has 0 atom stereocenters. The van der Waals surface area contributed by atoms with E-state index in [1.165, 1.54) is 0 Å². The smallest absolute Gasteiger partial charge is 0.255 e. The molecule has 0 aliphatic carbocycles. The number of nitrogens with zero attached hydrogens (tertiary/aromatic N) is 1. The van der Waals surface area contributed by atoms with E-state index in [4.69, 9.17) is 9.47 Å². The number of aromatic amines is 1. The summed E-state index contributed by atoms with van der Waals surface area (Å²) >= 11 is 0. The van der Waals surface area contributed by atoms with Crippen LogP contribution >= 0.6 is 0 Å². The van der Waals surface area contributed by atoms with Crippen molar-refractivity contribution in [3.05, 3.63) is 113 Å². The zero-order valence-electron chi connectivity index (χ0n) is 20.8. The second kappa shape index (κ2) is 10.1. The van der Waals surface area contributed by atoms with E-state index in [-0.39, 0.29) is 12.7 Å². The fraction of sp³-hybridized carbons (Fsp3) is 0.0968. The topological polar surface area (TPSA) is 88.3 Å². The number of amides is 1. The fourth-order valence-electron chi connectivity index (χ4n) is 4.42. The molecule has 0 unspecified atom stereocenters. The maximum Gasteiger partial charge on any atom is 0.255 e. The number of carbonyl (C=O) groups is 1. The lowest BCUT2D eigenvalue weighted by molar-refractivity contribution is 0.102. The number of aryl methyl sites for hydroxylation is 1. The molecule has 7 heteroatoms. The molecule has 0 saturated carbocycles. The van der Waals surface area contributed by atoms with Crippen molar-refractivity contribution in [1.29, 1.82) is 0 Å². The highest BCUT2D eigenvalue weighted by Gasteiger charge is 2.12. The number of fused-ring (bicyclic) bond motifs is 2. The van der Waals surface area contributed by atoms with Crippen LogP contribution < -0.4 is 20.1 Å². The Labute approximate surface area is 220 Å². The third-order valence-electron chi connectivity index (χ3n) is 6.38. The number of hydrogen-bond acceptors (Lipinski definition) is 5. The standard InChI is InChI=1S/C31H26N4O3/c1-20-4-2-5-23(14-20)31(36)33-25-7-3-6-24(17-25)32-18-22-8-11-26-27(34-35-28(26)15-22)12-9-21-10-13-29-30(16-21)38-19-37-29/h2-17,32H,18-19H2,1H3,(H,33,36)(H,34,35). The molecule has 7 nitrogen and oxygen atoms in total. The highest BCUT2D eigenvalue weighted by atomic mass is 16.7. The molecule has 5 aromatic rings. The molecule has 0 radical (unpaired) electrons. The van der Waals surface area contributed by atoms with Crippen molar-refractivity contribution in [2.45, 2.75) is 13.5 Å². The van der Waals surface area contributed by atoms with Crippen LogP contribution in [0.2, 0.25) is 0 Å². The van der Waals surface area contributed by atoms with E-state index in [2.05, 4.69) is 39.0 Å². The number of nitrogens with one attached hydrogen (secondary N) is 3. The van der Waals surface area contributed by atoms with E-state index in [9.17, 15) is 4.79 Å². The van der Waals surface area contributed by atoms with Gasteiger partial charge in [0.1, 0.15) is 0 Å². The number of benzene rings is 4. The van der Waals surface area contributed by atoms with Gasteiger partial charge in [0.05, 0.1) is 11.2 Å². The molecule has 1 amide bonds. The Bertz CT molecular complexity index is 1670. The molecule has 1 aromatic heterocycles. The molecule has 188 valence electrons. The molecule has 0 fully saturated rings. The van der Waals surface area contributed by atoms with Crippen LogP contribution in [0.4, 0.5) is 11.4 Å². The molecule has 0 spiro atoms. The lowest BCUT2D eigenvalue weighted by Crippen LogP contribution is -2.12. The Morgan fingerprint density at radius 1 is 0.921 bits per heavy atom. The van der Waals surface area contributed by atoms with Gasteiger partial charge in [-0.05, 0) is 72.7 Å². The Morgan fingerprint density at radius 3 is 2.71 bits per heavy atom. The van der Waals surface area contributed by atoms with Gasteiger partial charge in [-0.2, -0.15) is 5.10 Å². The third-order valence-corrected chi connectivity index (χ3v) is 6.38. The second-order valence-electron chi connectivity index (χ2n) is 9.19. The Morgan fingerprint density at radius 2 is 1.79 bits per heavy atom. The molecule has 4 aromatic carbocycles. The highest BCUT2D eigenvalue weighted by molar-refractivity contribution is 6.04. The van der Waals surface area contributed by atoms with E-state index in [1.807, 2.05) is 85.8 Å². The van der Waals surface area contributed by atoms with Gasteiger partial charge in [-0.15, -0.1) is 0 Å². The van der Waals surface area contributed by atoms with E-state index in [0.29, 0.717) is 12.1 Å². The third kappa shape index (κ3) is 5.08. The fourth-order valence-corrected chi connectivity index (χ4v) is 4.42. The Kier molecular flexibility index (Phi) is 6.24. The summed E-state index contributed by atoms with van der Waals surface area (Å²) in [5, 5.41) is 15.1. The highest BCUT2D eigenvalue weighted by Crippen LogP contribution is 2.33. The van der Waals surface area contributed by atoms with E-state index in [1.54, 1.807) is 0 Å². The van der Waals surface area contributed by atoms with Crippen LogP contribution in [-0.2, 0) is 6.54 Å². The van der Waals surface area contributed by atoms with Gasteiger partial charge in [0.2, 0.25) is 6.79 Å². The minimum atomic E-state index is -0.126. The molecule has 3 N–H and O–H groups in total. The summed E-state index contributed by atoms with van der Waals surface area (Å²) in [6.07, 6.45) is 4.00. The van der Waals surface area contributed by atoms with Crippen LogP contribution in [0.1, 0.15) is 32.7 Å². The molecular formula is C31H26N4O3. The molecule has 1 aliphatic heterocycles. The molecule has 0 bridgehead atoms. The van der Waals surface area contributed by atoms with Gasteiger partial charge in [0, 0.05) is 28.9 Å². The van der Waals surface area contributed by atoms with Crippen molar-refractivity contribution in [2.75, 3.05) is 17.4 Å². The first kappa shape index (κ1) is 23.4. The first-order chi connectivity index (χ1) is 18.6. The summed E-state index contributed by atoms with van der Waals surface area (Å²) in [6, 6.07) is 27.4. The largest absolute Gasteiger partial charge is 0.454 e. The molecular weight excluding hydrogens is 476 g/mol. The zero-order chi connectivity index (χ0) is 25.9. The SMILES string of the molecule is Cc1cccc(C(=O)Nc2cccc(NCc3ccc4c(C=Cc5ccc6c(c5)OCO6)n[nH]c4c3)c2)c1. The van der Waals surface area contributed by atoms with Crippen LogP contribution in [-0.4, -0.2) is 22.9 Å². The quantitative estimate of drug-likeness (QED) is 0.232. The maximum atomic E-state index is 12.6. The number of hydrogen-bond donors (Lipinski definition) is 3. The van der Waals surface area contributed by atoms with Crippen LogP contribution in [0.3, 0.4) is 0 Å². The summed E-state index contributed by atoms with van der Waals surface area (Å²) in [5.74, 6) is 1.40. The Hall–Kier alpha value is -5.04. The van der Waals surface area contributed by atoms with Crippen molar-refractivity contribution in [1.82, 2.24) is 10.2 Å². The summed E-state index contributed by atoms with van der Waals surface area (Å²) < 4.78 is 10.8. The lowest BCUT2D eigenvalue weighted by atomic mass is 10.1. The van der Waals surface area contributed by atoms with Crippen molar-refractivity contribution in [3.63, 3.8) is 0 Å². The van der Waals surface area contributed by atoms with Crippen LogP contribution in [0.15, 0.2) is 84.9 Å². The van der Waals surface area contributed by atoms with Gasteiger partial charge in [-0.3, -0.25) is 9.89 Å². The second-order valence-corrected chi connectivity index (χ2v) is 9.19. The average Bonchev–Trinajstić information content (AvgIpc) is 3.57. The summed E-state index contributed by atoms with van der Waals surface area (Å²) in [5.41, 5.74) is 7.32. The van der Waals surface area contributed by atoms with Gasteiger partial charge in [-0.1, -0.05) is 48.0 Å². The first-order valence-corrected chi connectivity index (χ1v) is 12.4. The van der Waals surface area contributed by atoms with Gasteiger partial charge in [0.15, 0.2) is 11.5 Å². The number of H-pyrrole nitrogens is 1.